The number of ether oxygens (including phenoxy) is 1. The van der Waals surface area contributed by atoms with E-state index in [-0.39, 0.29) is 5.97 Å². The highest BCUT2D eigenvalue weighted by Crippen LogP contribution is 2.18. The zero-order chi connectivity index (χ0) is 9.68. The Hall–Kier alpha value is -0.830. The first-order valence-electron chi connectivity index (χ1n) is 4.79. The molecule has 0 saturated carbocycles. The zero-order valence-corrected chi connectivity index (χ0v) is 8.35. The van der Waals surface area contributed by atoms with Gasteiger partial charge in [-0.2, -0.15) is 0 Å². The average molecular weight is 183 g/mol. The van der Waals surface area contributed by atoms with Gasteiger partial charge in [0.15, 0.2) is 0 Å². The Balaban J connectivity index is 2.76. The van der Waals surface area contributed by atoms with Gasteiger partial charge >= 0.3 is 5.97 Å². The molecule has 13 heavy (non-hydrogen) atoms. The lowest BCUT2D eigenvalue weighted by Crippen LogP contribution is -2.29. The fraction of sp³-hybridized carbons (Fsp3) is 0.700. The molecule has 1 N–H and O–H groups in total. The third kappa shape index (κ3) is 2.56. The van der Waals surface area contributed by atoms with Crippen LogP contribution in [0.4, 0.5) is 0 Å². The SMILES string of the molecule is CCCC1=C(C(=O)OC)CNCC1. The number of hydrogen-bond donors (Lipinski definition) is 1. The van der Waals surface area contributed by atoms with E-state index in [4.69, 9.17) is 4.74 Å². The Morgan fingerprint density at radius 2 is 2.38 bits per heavy atom. The van der Waals surface area contributed by atoms with Gasteiger partial charge in [0.25, 0.3) is 0 Å². The standard InChI is InChI=1S/C10H17NO2/c1-3-4-8-5-6-11-7-9(8)10(12)13-2/h11H,3-7H2,1-2H3. The predicted octanol–water partition coefficient (Wildman–Crippen LogP) is 1.25. The molecule has 0 fully saturated rings. The molecule has 0 bridgehead atoms. The van der Waals surface area contributed by atoms with Crippen molar-refractivity contribution in [2.24, 2.45) is 0 Å². The second kappa shape index (κ2) is 5.02. The molecule has 0 amide bonds. The summed E-state index contributed by atoms with van der Waals surface area (Å²) in [7, 11) is 1.44. The van der Waals surface area contributed by atoms with Gasteiger partial charge in [-0.3, -0.25) is 0 Å². The number of esters is 1. The molecule has 1 rings (SSSR count). The van der Waals surface area contributed by atoms with Crippen LogP contribution in [-0.2, 0) is 9.53 Å². The lowest BCUT2D eigenvalue weighted by Gasteiger charge is -2.19. The van der Waals surface area contributed by atoms with Crippen LogP contribution in [0.25, 0.3) is 0 Å². The maximum absolute atomic E-state index is 11.3. The van der Waals surface area contributed by atoms with Gasteiger partial charge in [0.2, 0.25) is 0 Å². The summed E-state index contributed by atoms with van der Waals surface area (Å²) in [5.74, 6) is -0.171. The molecular formula is C10H17NO2. The minimum atomic E-state index is -0.171. The number of nitrogens with one attached hydrogen (secondary N) is 1. The van der Waals surface area contributed by atoms with Gasteiger partial charge in [0.05, 0.1) is 12.7 Å². The molecule has 0 radical (unpaired) electrons. The number of carbonyl (C=O) groups excluding carboxylic acids is 1. The molecule has 1 heterocycles. The summed E-state index contributed by atoms with van der Waals surface area (Å²) in [4.78, 5) is 11.3. The van der Waals surface area contributed by atoms with Gasteiger partial charge in [-0.15, -0.1) is 0 Å². The van der Waals surface area contributed by atoms with Gasteiger partial charge in [-0.25, -0.2) is 4.79 Å². The topological polar surface area (TPSA) is 38.3 Å². The van der Waals surface area contributed by atoms with Crippen molar-refractivity contribution in [3.8, 4) is 0 Å². The number of hydrogen-bond acceptors (Lipinski definition) is 3. The molecule has 0 atom stereocenters. The Morgan fingerprint density at radius 1 is 1.62 bits per heavy atom. The Kier molecular flexibility index (Phi) is 3.96. The molecular weight excluding hydrogens is 166 g/mol. The van der Waals surface area contributed by atoms with Gasteiger partial charge in [0, 0.05) is 6.54 Å². The fourth-order valence-electron chi connectivity index (χ4n) is 1.65. The molecule has 0 aliphatic carbocycles. The number of methoxy groups -OCH3 is 1. The van der Waals surface area contributed by atoms with Gasteiger partial charge in [-0.1, -0.05) is 18.9 Å². The number of carbonyl (C=O) groups is 1. The Labute approximate surface area is 79.2 Å². The first kappa shape index (κ1) is 10.3. The van der Waals surface area contributed by atoms with E-state index in [1.54, 1.807) is 0 Å². The Bertz CT molecular complexity index is 221. The molecule has 1 aliphatic heterocycles. The van der Waals surface area contributed by atoms with Crippen LogP contribution < -0.4 is 5.32 Å². The minimum absolute atomic E-state index is 0.171. The average Bonchev–Trinajstić information content (AvgIpc) is 2.18. The monoisotopic (exact) mass is 183 g/mol. The van der Waals surface area contributed by atoms with E-state index < -0.39 is 0 Å². The summed E-state index contributed by atoms with van der Waals surface area (Å²) in [5, 5.41) is 3.18. The van der Waals surface area contributed by atoms with Crippen LogP contribution in [0.2, 0.25) is 0 Å². The summed E-state index contributed by atoms with van der Waals surface area (Å²) in [6, 6.07) is 0. The van der Waals surface area contributed by atoms with Crippen molar-refractivity contribution in [2.45, 2.75) is 26.2 Å². The molecule has 3 heteroatoms. The van der Waals surface area contributed by atoms with E-state index in [0.717, 1.165) is 31.4 Å². The molecule has 0 spiro atoms. The van der Waals surface area contributed by atoms with E-state index >= 15 is 0 Å². The first-order chi connectivity index (χ1) is 6.29. The van der Waals surface area contributed by atoms with Crippen molar-refractivity contribution in [1.29, 1.82) is 0 Å². The van der Waals surface area contributed by atoms with Crippen LogP contribution in [0.5, 0.6) is 0 Å². The quantitative estimate of drug-likeness (QED) is 0.669. The van der Waals surface area contributed by atoms with E-state index in [1.807, 2.05) is 0 Å². The fourth-order valence-corrected chi connectivity index (χ4v) is 1.65. The highest BCUT2D eigenvalue weighted by molar-refractivity contribution is 5.90. The van der Waals surface area contributed by atoms with E-state index in [1.165, 1.54) is 12.7 Å². The van der Waals surface area contributed by atoms with E-state index in [9.17, 15) is 4.79 Å². The lowest BCUT2D eigenvalue weighted by atomic mass is 9.97. The molecule has 1 aliphatic rings. The molecule has 0 aromatic rings. The van der Waals surface area contributed by atoms with Gasteiger partial charge in [-0.05, 0) is 19.4 Å². The maximum Gasteiger partial charge on any atom is 0.334 e. The highest BCUT2D eigenvalue weighted by Gasteiger charge is 2.18. The minimum Gasteiger partial charge on any atom is -0.466 e. The summed E-state index contributed by atoms with van der Waals surface area (Å²) in [5.41, 5.74) is 2.11. The molecule has 74 valence electrons. The highest BCUT2D eigenvalue weighted by atomic mass is 16.5. The van der Waals surface area contributed by atoms with Crippen LogP contribution in [0.15, 0.2) is 11.1 Å². The first-order valence-corrected chi connectivity index (χ1v) is 4.79. The predicted molar refractivity (Wildman–Crippen MR) is 51.4 cm³/mol. The summed E-state index contributed by atoms with van der Waals surface area (Å²) < 4.78 is 4.73. The lowest BCUT2D eigenvalue weighted by molar-refractivity contribution is -0.136. The maximum atomic E-state index is 11.3. The second-order valence-corrected chi connectivity index (χ2v) is 3.25. The molecule has 0 aromatic heterocycles. The zero-order valence-electron chi connectivity index (χ0n) is 8.35. The van der Waals surface area contributed by atoms with Crippen molar-refractivity contribution in [2.75, 3.05) is 20.2 Å². The van der Waals surface area contributed by atoms with Crippen LogP contribution in [0.1, 0.15) is 26.2 Å². The smallest absolute Gasteiger partial charge is 0.334 e. The summed E-state index contributed by atoms with van der Waals surface area (Å²) in [6.45, 7) is 3.78. The molecule has 3 nitrogen and oxygen atoms in total. The van der Waals surface area contributed by atoms with Crippen molar-refractivity contribution >= 4 is 5.97 Å². The van der Waals surface area contributed by atoms with Crippen molar-refractivity contribution in [1.82, 2.24) is 5.32 Å². The van der Waals surface area contributed by atoms with E-state index in [2.05, 4.69) is 12.2 Å². The summed E-state index contributed by atoms with van der Waals surface area (Å²) in [6.07, 6.45) is 3.10. The third-order valence-corrected chi connectivity index (χ3v) is 2.32. The summed E-state index contributed by atoms with van der Waals surface area (Å²) >= 11 is 0. The van der Waals surface area contributed by atoms with Crippen LogP contribution in [-0.4, -0.2) is 26.2 Å². The largest absolute Gasteiger partial charge is 0.466 e. The van der Waals surface area contributed by atoms with Crippen LogP contribution in [0, 0.1) is 0 Å². The van der Waals surface area contributed by atoms with Crippen molar-refractivity contribution in [3.63, 3.8) is 0 Å². The van der Waals surface area contributed by atoms with Crippen LogP contribution in [0.3, 0.4) is 0 Å². The number of rotatable bonds is 3. The van der Waals surface area contributed by atoms with Gasteiger partial charge in [0.1, 0.15) is 0 Å². The third-order valence-electron chi connectivity index (χ3n) is 2.32. The van der Waals surface area contributed by atoms with Crippen molar-refractivity contribution in [3.05, 3.63) is 11.1 Å². The van der Waals surface area contributed by atoms with Gasteiger partial charge < -0.3 is 10.1 Å². The molecule has 0 aromatic carbocycles. The molecule has 0 unspecified atom stereocenters. The van der Waals surface area contributed by atoms with E-state index in [0.29, 0.717) is 6.54 Å². The second-order valence-electron chi connectivity index (χ2n) is 3.25. The van der Waals surface area contributed by atoms with Crippen molar-refractivity contribution < 1.29 is 9.53 Å². The Morgan fingerprint density at radius 3 is 3.00 bits per heavy atom. The molecule has 0 saturated heterocycles. The normalized spacial score (nSPS) is 17.4. The van der Waals surface area contributed by atoms with Crippen LogP contribution >= 0.6 is 0 Å².